The lowest BCUT2D eigenvalue weighted by Gasteiger charge is -2.17. The number of carbonyl (C=O) groups is 2. The summed E-state index contributed by atoms with van der Waals surface area (Å²) in [7, 11) is 1.89. The van der Waals surface area contributed by atoms with Gasteiger partial charge in [0.2, 0.25) is 0 Å². The summed E-state index contributed by atoms with van der Waals surface area (Å²) in [4.78, 5) is 24.6. The van der Waals surface area contributed by atoms with Crippen LogP contribution in [0.25, 0.3) is 10.9 Å². The number of carbonyl (C=O) groups excluding carboxylic acids is 1. The summed E-state index contributed by atoms with van der Waals surface area (Å²) in [6, 6.07) is 20.4. The Kier molecular flexibility index (Phi) is 5.92. The van der Waals surface area contributed by atoms with Gasteiger partial charge in [0.25, 0.3) is 5.91 Å². The lowest BCUT2D eigenvalue weighted by Crippen LogP contribution is -2.29. The molecule has 0 aliphatic rings. The molecule has 6 nitrogen and oxygen atoms in total. The predicted molar refractivity (Wildman–Crippen MR) is 131 cm³/mol. The smallest absolute Gasteiger partial charge is 0.335 e. The molecule has 0 unspecified atom stereocenters. The maximum Gasteiger partial charge on any atom is 0.335 e. The molecule has 1 heterocycles. The van der Waals surface area contributed by atoms with E-state index in [4.69, 9.17) is 5.11 Å². The molecule has 0 saturated carbocycles. The van der Waals surface area contributed by atoms with Crippen molar-refractivity contribution >= 4 is 34.2 Å². The maximum absolute atomic E-state index is 13.5. The number of anilines is 2. The fourth-order valence-corrected chi connectivity index (χ4v) is 4.24. The first kappa shape index (κ1) is 22.1. The molecule has 0 fully saturated rings. The number of para-hydroxylation sites is 1. The molecule has 0 saturated heterocycles. The highest BCUT2D eigenvalue weighted by atomic mass is 16.4. The quantitative estimate of drug-likeness (QED) is 0.357. The number of hydrogen-bond acceptors (Lipinski definition) is 3. The summed E-state index contributed by atoms with van der Waals surface area (Å²) >= 11 is 0. The summed E-state index contributed by atoms with van der Waals surface area (Å²) < 4.78 is 1.90. The van der Waals surface area contributed by atoms with Crippen molar-refractivity contribution < 1.29 is 14.7 Å². The van der Waals surface area contributed by atoms with Crippen LogP contribution in [0.2, 0.25) is 0 Å². The summed E-state index contributed by atoms with van der Waals surface area (Å²) in [5.74, 6) is -1.19. The van der Waals surface area contributed by atoms with Gasteiger partial charge in [0.05, 0.1) is 22.8 Å². The van der Waals surface area contributed by atoms with E-state index >= 15 is 0 Å². The molecule has 0 bridgehead atoms. The van der Waals surface area contributed by atoms with Crippen LogP contribution in [0.4, 0.5) is 11.4 Å². The van der Waals surface area contributed by atoms with Crippen molar-refractivity contribution in [1.82, 2.24) is 9.88 Å². The van der Waals surface area contributed by atoms with Crippen LogP contribution in [0, 0.1) is 13.8 Å². The number of rotatable bonds is 6. The van der Waals surface area contributed by atoms with E-state index in [-0.39, 0.29) is 17.5 Å². The van der Waals surface area contributed by atoms with Crippen molar-refractivity contribution in [2.75, 3.05) is 5.32 Å². The van der Waals surface area contributed by atoms with Crippen molar-refractivity contribution in [3.05, 3.63) is 94.7 Å². The topological polar surface area (TPSA) is 83.4 Å². The van der Waals surface area contributed by atoms with Crippen molar-refractivity contribution in [3.8, 4) is 0 Å². The number of amides is 1. The van der Waals surface area contributed by atoms with Gasteiger partial charge >= 0.3 is 5.97 Å². The third kappa shape index (κ3) is 4.46. The third-order valence-electron chi connectivity index (χ3n) is 5.82. The number of fused-ring (bicyclic) bond motifs is 1. The fraction of sp³-hybridized carbons (Fsp3) is 0.185. The van der Waals surface area contributed by atoms with E-state index in [1.807, 2.05) is 56.7 Å². The van der Waals surface area contributed by atoms with Crippen LogP contribution < -0.4 is 10.6 Å². The van der Waals surface area contributed by atoms with Crippen LogP contribution in [-0.4, -0.2) is 21.6 Å². The number of nitrogens with one attached hydrogen (secondary N) is 2. The molecule has 3 N–H and O–H groups in total. The Morgan fingerprint density at radius 3 is 2.21 bits per heavy atom. The highest BCUT2D eigenvalue weighted by Crippen LogP contribution is 2.33. The van der Waals surface area contributed by atoms with E-state index in [9.17, 15) is 9.59 Å². The lowest BCUT2D eigenvalue weighted by molar-refractivity contribution is 0.0696. The number of aromatic carboxylic acids is 1. The molecular formula is C27H27N3O3. The first-order chi connectivity index (χ1) is 15.7. The Bertz CT molecular complexity index is 1330. The summed E-state index contributed by atoms with van der Waals surface area (Å²) in [6.45, 7) is 5.98. The molecule has 0 radical (unpaired) electrons. The minimum absolute atomic E-state index is 0.213. The minimum Gasteiger partial charge on any atom is -0.478 e. The first-order valence-electron chi connectivity index (χ1n) is 10.8. The molecule has 6 heteroatoms. The van der Waals surface area contributed by atoms with Crippen LogP contribution >= 0.6 is 0 Å². The van der Waals surface area contributed by atoms with Crippen LogP contribution in [0.3, 0.4) is 0 Å². The largest absolute Gasteiger partial charge is 0.478 e. The van der Waals surface area contributed by atoms with Gasteiger partial charge in [-0.2, -0.15) is 0 Å². The monoisotopic (exact) mass is 441 g/mol. The van der Waals surface area contributed by atoms with Crippen molar-refractivity contribution in [2.45, 2.75) is 26.8 Å². The second-order valence-electron chi connectivity index (χ2n) is 8.42. The fourth-order valence-electron chi connectivity index (χ4n) is 4.24. The van der Waals surface area contributed by atoms with Gasteiger partial charge < -0.3 is 20.3 Å². The Labute approximate surface area is 192 Å². The van der Waals surface area contributed by atoms with Crippen LogP contribution in [0.15, 0.2) is 66.7 Å². The Morgan fingerprint density at radius 2 is 1.58 bits per heavy atom. The van der Waals surface area contributed by atoms with E-state index in [0.717, 1.165) is 39.0 Å². The molecule has 33 heavy (non-hydrogen) atoms. The Hall–Kier alpha value is -4.06. The number of carboxylic acids is 1. The van der Waals surface area contributed by atoms with Gasteiger partial charge in [0.15, 0.2) is 0 Å². The third-order valence-corrected chi connectivity index (χ3v) is 5.82. The van der Waals surface area contributed by atoms with E-state index in [0.29, 0.717) is 5.69 Å². The molecule has 1 atom stereocenters. The number of aromatic nitrogens is 1. The number of hydrogen-bond donors (Lipinski definition) is 3. The molecule has 1 amide bonds. The van der Waals surface area contributed by atoms with E-state index in [2.05, 4.69) is 28.8 Å². The summed E-state index contributed by atoms with van der Waals surface area (Å²) in [6.07, 6.45) is 0. The second kappa shape index (κ2) is 8.82. The Morgan fingerprint density at radius 1 is 0.939 bits per heavy atom. The zero-order chi connectivity index (χ0) is 23.7. The van der Waals surface area contributed by atoms with Gasteiger partial charge in [-0.25, -0.2) is 4.79 Å². The van der Waals surface area contributed by atoms with Crippen molar-refractivity contribution in [3.63, 3.8) is 0 Å². The van der Waals surface area contributed by atoms with Crippen molar-refractivity contribution in [1.29, 1.82) is 0 Å². The summed E-state index contributed by atoms with van der Waals surface area (Å²) in [5, 5.41) is 16.6. The van der Waals surface area contributed by atoms with Crippen LogP contribution in [0.5, 0.6) is 0 Å². The van der Waals surface area contributed by atoms with Gasteiger partial charge in [-0.3, -0.25) is 4.79 Å². The maximum atomic E-state index is 13.5. The average Bonchev–Trinajstić information content (AvgIpc) is 3.05. The highest BCUT2D eigenvalue weighted by molar-refractivity contribution is 6.09. The molecule has 4 aromatic rings. The molecule has 4 rings (SSSR count). The SMILES string of the molecule is Cc1cc(C)cc(Nc2c(C(=O)N[C@@H](C)c3ccc(C(=O)O)cc3)n(C)c3ccccc23)c1. The summed E-state index contributed by atoms with van der Waals surface area (Å²) in [5.41, 5.74) is 6.49. The molecule has 0 aliphatic carbocycles. The first-order valence-corrected chi connectivity index (χ1v) is 10.8. The van der Waals surface area contributed by atoms with E-state index < -0.39 is 5.97 Å². The van der Waals surface area contributed by atoms with E-state index in [1.54, 1.807) is 24.3 Å². The number of nitrogens with zero attached hydrogens (tertiary/aromatic N) is 1. The van der Waals surface area contributed by atoms with Crippen molar-refractivity contribution in [2.24, 2.45) is 7.05 Å². The molecular weight excluding hydrogens is 414 g/mol. The normalized spacial score (nSPS) is 11.9. The standard InChI is InChI=1S/C27H27N3O3/c1-16-13-17(2)15-21(14-16)29-24-22-7-5-6-8-23(22)30(4)25(24)26(31)28-18(3)19-9-11-20(12-10-19)27(32)33/h5-15,18,29H,1-4H3,(H,28,31)(H,32,33)/t18-/m0/s1. The number of carboxylic acid groups (broad SMARTS) is 1. The zero-order valence-electron chi connectivity index (χ0n) is 19.1. The van der Waals surface area contributed by atoms with Crippen LogP contribution in [0.1, 0.15) is 50.5 Å². The molecule has 0 aliphatic heterocycles. The number of benzene rings is 3. The lowest BCUT2D eigenvalue weighted by atomic mass is 10.1. The predicted octanol–water partition coefficient (Wildman–Crippen LogP) is 5.73. The van der Waals surface area contributed by atoms with Gasteiger partial charge in [-0.1, -0.05) is 36.4 Å². The average molecular weight is 442 g/mol. The molecule has 168 valence electrons. The van der Waals surface area contributed by atoms with Gasteiger partial charge in [-0.05, 0) is 67.8 Å². The van der Waals surface area contributed by atoms with E-state index in [1.165, 1.54) is 0 Å². The van der Waals surface area contributed by atoms with Gasteiger partial charge in [-0.15, -0.1) is 0 Å². The van der Waals surface area contributed by atoms with Crippen LogP contribution in [-0.2, 0) is 7.05 Å². The molecule has 0 spiro atoms. The van der Waals surface area contributed by atoms with Gasteiger partial charge in [0.1, 0.15) is 5.69 Å². The second-order valence-corrected chi connectivity index (χ2v) is 8.42. The molecule has 1 aromatic heterocycles. The molecule has 3 aromatic carbocycles. The highest BCUT2D eigenvalue weighted by Gasteiger charge is 2.23. The minimum atomic E-state index is -0.976. The number of aryl methyl sites for hydroxylation is 3. The van der Waals surface area contributed by atoms with Gasteiger partial charge in [0, 0.05) is 18.1 Å². The Balaban J connectivity index is 1.70. The zero-order valence-corrected chi connectivity index (χ0v) is 19.1.